The summed E-state index contributed by atoms with van der Waals surface area (Å²) in [6.45, 7) is 4.18. The molecule has 0 aromatic heterocycles. The van der Waals surface area contributed by atoms with Crippen LogP contribution in [0.25, 0.3) is 0 Å². The molecular weight excluding hydrogens is 114 g/mol. The van der Waals surface area contributed by atoms with Crippen molar-refractivity contribution >= 4 is 0 Å². The first-order chi connectivity index (χ1) is 4.31. The van der Waals surface area contributed by atoms with E-state index in [1.165, 1.54) is 0 Å². The van der Waals surface area contributed by atoms with E-state index in [2.05, 4.69) is 6.58 Å². The number of hydrogen-bond donors (Lipinski definition) is 2. The normalized spacial score (nSPS) is 13.1. The minimum atomic E-state index is -0.231. The van der Waals surface area contributed by atoms with Crippen LogP contribution >= 0.6 is 0 Å². The first-order valence-electron chi connectivity index (χ1n) is 3.30. The fourth-order valence-electron chi connectivity index (χ4n) is 0.664. The van der Waals surface area contributed by atoms with Gasteiger partial charge in [0.1, 0.15) is 0 Å². The zero-order chi connectivity index (χ0) is 7.11. The van der Waals surface area contributed by atoms with E-state index in [1.807, 2.05) is 0 Å². The Kier molecular flexibility index (Phi) is 5.57. The molecule has 3 N–H and O–H groups in total. The highest BCUT2D eigenvalue weighted by Gasteiger charge is 1.98. The highest BCUT2D eigenvalue weighted by Crippen LogP contribution is 1.99. The van der Waals surface area contributed by atoms with Gasteiger partial charge in [0.15, 0.2) is 0 Å². The lowest BCUT2D eigenvalue weighted by Crippen LogP contribution is -2.08. The van der Waals surface area contributed by atoms with Gasteiger partial charge in [0.2, 0.25) is 0 Å². The quantitative estimate of drug-likeness (QED) is 0.536. The van der Waals surface area contributed by atoms with E-state index in [4.69, 9.17) is 10.8 Å². The first-order valence-corrected chi connectivity index (χ1v) is 3.30. The van der Waals surface area contributed by atoms with E-state index in [9.17, 15) is 0 Å². The molecule has 0 amide bonds. The van der Waals surface area contributed by atoms with Crippen molar-refractivity contribution in [3.8, 4) is 0 Å². The van der Waals surface area contributed by atoms with E-state index in [0.29, 0.717) is 13.0 Å². The molecule has 0 spiro atoms. The molecule has 0 aromatic carbocycles. The van der Waals surface area contributed by atoms with Gasteiger partial charge in [-0.25, -0.2) is 0 Å². The molecule has 1 atom stereocenters. The van der Waals surface area contributed by atoms with Crippen LogP contribution in [-0.2, 0) is 0 Å². The molecule has 54 valence electrons. The van der Waals surface area contributed by atoms with Crippen LogP contribution in [0.5, 0.6) is 0 Å². The lowest BCUT2D eigenvalue weighted by molar-refractivity contribution is 0.166. The maximum Gasteiger partial charge on any atom is 0.0575 e. The van der Waals surface area contributed by atoms with Gasteiger partial charge in [-0.1, -0.05) is 6.08 Å². The van der Waals surface area contributed by atoms with Crippen molar-refractivity contribution in [3.05, 3.63) is 12.7 Å². The van der Waals surface area contributed by atoms with Crippen LogP contribution < -0.4 is 5.73 Å². The highest BCUT2D eigenvalue weighted by molar-refractivity contribution is 4.71. The third-order valence-corrected chi connectivity index (χ3v) is 1.18. The second kappa shape index (κ2) is 5.79. The van der Waals surface area contributed by atoms with Gasteiger partial charge in [0, 0.05) is 0 Å². The Morgan fingerprint density at radius 1 is 1.67 bits per heavy atom. The maximum atomic E-state index is 9.05. The SMILES string of the molecule is C=CC[C@H](O)CCCN. The van der Waals surface area contributed by atoms with Crippen LogP contribution in [0, 0.1) is 0 Å². The predicted octanol–water partition coefficient (Wildman–Crippen LogP) is 0.662. The zero-order valence-electron chi connectivity index (χ0n) is 5.71. The van der Waals surface area contributed by atoms with Crippen molar-refractivity contribution in [1.82, 2.24) is 0 Å². The minimum Gasteiger partial charge on any atom is -0.393 e. The molecule has 0 aliphatic heterocycles. The molecule has 2 heteroatoms. The smallest absolute Gasteiger partial charge is 0.0575 e. The molecular formula is C7H15NO. The Hall–Kier alpha value is -0.340. The Morgan fingerprint density at radius 2 is 2.33 bits per heavy atom. The standard InChI is InChI=1S/C7H15NO/c1-2-4-7(9)5-3-6-8/h2,7,9H,1,3-6,8H2/t7-/m0/s1. The van der Waals surface area contributed by atoms with Crippen LogP contribution in [0.2, 0.25) is 0 Å². The lowest BCUT2D eigenvalue weighted by atomic mass is 10.1. The van der Waals surface area contributed by atoms with Gasteiger partial charge in [0.05, 0.1) is 6.10 Å². The Morgan fingerprint density at radius 3 is 2.78 bits per heavy atom. The third-order valence-electron chi connectivity index (χ3n) is 1.18. The van der Waals surface area contributed by atoms with Gasteiger partial charge in [-0.2, -0.15) is 0 Å². The monoisotopic (exact) mass is 129 g/mol. The molecule has 0 saturated carbocycles. The van der Waals surface area contributed by atoms with Gasteiger partial charge in [-0.05, 0) is 25.8 Å². The fraction of sp³-hybridized carbons (Fsp3) is 0.714. The lowest BCUT2D eigenvalue weighted by Gasteiger charge is -2.04. The van der Waals surface area contributed by atoms with Crippen LogP contribution in [0.4, 0.5) is 0 Å². The van der Waals surface area contributed by atoms with Crippen LogP contribution in [0.3, 0.4) is 0 Å². The summed E-state index contributed by atoms with van der Waals surface area (Å²) in [5, 5.41) is 9.05. The summed E-state index contributed by atoms with van der Waals surface area (Å²) in [5.74, 6) is 0. The summed E-state index contributed by atoms with van der Waals surface area (Å²) in [5.41, 5.74) is 5.24. The van der Waals surface area contributed by atoms with Crippen molar-refractivity contribution in [2.45, 2.75) is 25.4 Å². The maximum absolute atomic E-state index is 9.05. The summed E-state index contributed by atoms with van der Waals surface area (Å²) in [4.78, 5) is 0. The Labute approximate surface area is 56.4 Å². The molecule has 0 aliphatic rings. The molecule has 0 fully saturated rings. The van der Waals surface area contributed by atoms with E-state index in [1.54, 1.807) is 6.08 Å². The van der Waals surface area contributed by atoms with E-state index >= 15 is 0 Å². The summed E-state index contributed by atoms with van der Waals surface area (Å²) in [6, 6.07) is 0. The second-order valence-corrected chi connectivity index (χ2v) is 2.11. The van der Waals surface area contributed by atoms with Gasteiger partial charge >= 0.3 is 0 Å². The number of aliphatic hydroxyl groups excluding tert-OH is 1. The van der Waals surface area contributed by atoms with Crippen molar-refractivity contribution in [2.24, 2.45) is 5.73 Å². The van der Waals surface area contributed by atoms with Gasteiger partial charge in [-0.15, -0.1) is 6.58 Å². The second-order valence-electron chi connectivity index (χ2n) is 2.11. The Bertz CT molecular complexity index is 73.3. The van der Waals surface area contributed by atoms with Crippen molar-refractivity contribution < 1.29 is 5.11 Å². The van der Waals surface area contributed by atoms with Crippen molar-refractivity contribution in [2.75, 3.05) is 6.54 Å². The molecule has 0 bridgehead atoms. The average Bonchev–Trinajstić information content (AvgIpc) is 1.85. The number of hydrogen-bond acceptors (Lipinski definition) is 2. The van der Waals surface area contributed by atoms with Crippen molar-refractivity contribution in [3.63, 3.8) is 0 Å². The van der Waals surface area contributed by atoms with Gasteiger partial charge in [0.25, 0.3) is 0 Å². The molecule has 0 aromatic rings. The molecule has 0 rings (SSSR count). The van der Waals surface area contributed by atoms with Gasteiger partial charge < -0.3 is 10.8 Å². The average molecular weight is 129 g/mol. The summed E-state index contributed by atoms with van der Waals surface area (Å²) >= 11 is 0. The molecule has 2 nitrogen and oxygen atoms in total. The predicted molar refractivity (Wildman–Crippen MR) is 39.1 cm³/mol. The summed E-state index contributed by atoms with van der Waals surface area (Å²) in [6.07, 6.45) is 3.87. The van der Waals surface area contributed by atoms with Crippen LogP contribution in [0.15, 0.2) is 12.7 Å². The van der Waals surface area contributed by atoms with Gasteiger partial charge in [-0.3, -0.25) is 0 Å². The molecule has 0 saturated heterocycles. The minimum absolute atomic E-state index is 0.231. The first kappa shape index (κ1) is 8.66. The summed E-state index contributed by atoms with van der Waals surface area (Å²) < 4.78 is 0. The largest absolute Gasteiger partial charge is 0.393 e. The topological polar surface area (TPSA) is 46.2 Å². The van der Waals surface area contributed by atoms with Crippen molar-refractivity contribution in [1.29, 1.82) is 0 Å². The molecule has 0 radical (unpaired) electrons. The molecule has 0 unspecified atom stereocenters. The highest BCUT2D eigenvalue weighted by atomic mass is 16.3. The van der Waals surface area contributed by atoms with E-state index in [0.717, 1.165) is 12.8 Å². The summed E-state index contributed by atoms with van der Waals surface area (Å²) in [7, 11) is 0. The molecule has 9 heavy (non-hydrogen) atoms. The third kappa shape index (κ3) is 5.53. The Balaban J connectivity index is 3.04. The fourth-order valence-corrected chi connectivity index (χ4v) is 0.664. The van der Waals surface area contributed by atoms with Crippen LogP contribution in [-0.4, -0.2) is 17.8 Å². The van der Waals surface area contributed by atoms with E-state index in [-0.39, 0.29) is 6.10 Å². The van der Waals surface area contributed by atoms with Crippen LogP contribution in [0.1, 0.15) is 19.3 Å². The van der Waals surface area contributed by atoms with E-state index < -0.39 is 0 Å². The molecule has 0 aliphatic carbocycles. The molecule has 0 heterocycles. The number of aliphatic hydroxyl groups is 1. The number of nitrogens with two attached hydrogens (primary N) is 1. The zero-order valence-corrected chi connectivity index (χ0v) is 5.71. The number of rotatable bonds is 5.